The summed E-state index contributed by atoms with van der Waals surface area (Å²) in [6.45, 7) is 1.78. The smallest absolute Gasteiger partial charge is 0.114 e. The molecule has 16 heavy (non-hydrogen) atoms. The average Bonchev–Trinajstić information content (AvgIpc) is 2.66. The molecule has 0 radical (unpaired) electrons. The van der Waals surface area contributed by atoms with E-state index in [-0.39, 0.29) is 0 Å². The van der Waals surface area contributed by atoms with Gasteiger partial charge in [-0.2, -0.15) is 11.3 Å². The van der Waals surface area contributed by atoms with Crippen molar-refractivity contribution < 1.29 is 5.11 Å². The topological polar surface area (TPSA) is 20.2 Å². The molecule has 0 aliphatic heterocycles. The number of benzene rings is 1. The Morgan fingerprint density at radius 1 is 1.25 bits per heavy atom. The minimum absolute atomic E-state index is 0.670. The van der Waals surface area contributed by atoms with Crippen molar-refractivity contribution in [1.29, 1.82) is 0 Å². The second-order valence-corrected chi connectivity index (χ2v) is 5.75. The molecule has 0 saturated heterocycles. The molecule has 0 aliphatic rings. The quantitative estimate of drug-likeness (QED) is 0.869. The average molecular weight is 318 g/mol. The molecular weight excluding hydrogens is 308 g/mol. The predicted octanol–water partition coefficient (Wildman–Crippen LogP) is 4.42. The Hall–Kier alpha value is -0.350. The summed E-state index contributed by atoms with van der Waals surface area (Å²) in [5.41, 5.74) is 0.708. The standard InChI is InChI=1S/C12H10BrClOS/c1-12(15,10-6-16-7-11(10)13)8-2-4-9(14)5-3-8/h2-7,15H,1H3. The van der Waals surface area contributed by atoms with Crippen molar-refractivity contribution >= 4 is 38.9 Å². The van der Waals surface area contributed by atoms with Crippen LogP contribution >= 0.6 is 38.9 Å². The fourth-order valence-corrected chi connectivity index (χ4v) is 3.47. The molecule has 0 fully saturated rings. The molecule has 1 unspecified atom stereocenters. The van der Waals surface area contributed by atoms with Crippen LogP contribution in [0.1, 0.15) is 18.1 Å². The van der Waals surface area contributed by atoms with Gasteiger partial charge in [0.15, 0.2) is 0 Å². The van der Waals surface area contributed by atoms with Crippen LogP contribution in [0.2, 0.25) is 5.02 Å². The molecule has 0 aliphatic carbocycles. The van der Waals surface area contributed by atoms with Crippen molar-refractivity contribution in [1.82, 2.24) is 0 Å². The normalized spacial score (nSPS) is 14.8. The van der Waals surface area contributed by atoms with Gasteiger partial charge < -0.3 is 5.11 Å². The molecule has 1 aromatic heterocycles. The van der Waals surface area contributed by atoms with Gasteiger partial charge in [0.25, 0.3) is 0 Å². The number of hydrogen-bond acceptors (Lipinski definition) is 2. The van der Waals surface area contributed by atoms with Crippen molar-refractivity contribution in [2.75, 3.05) is 0 Å². The summed E-state index contributed by atoms with van der Waals surface area (Å²) in [5.74, 6) is 0. The minimum Gasteiger partial charge on any atom is -0.381 e. The Kier molecular flexibility index (Phi) is 3.40. The minimum atomic E-state index is -0.997. The van der Waals surface area contributed by atoms with Gasteiger partial charge in [-0.1, -0.05) is 23.7 Å². The van der Waals surface area contributed by atoms with Crippen LogP contribution in [-0.4, -0.2) is 5.11 Å². The van der Waals surface area contributed by atoms with Gasteiger partial charge in [0, 0.05) is 20.4 Å². The van der Waals surface area contributed by atoms with Crippen LogP contribution < -0.4 is 0 Å². The molecule has 1 atom stereocenters. The van der Waals surface area contributed by atoms with Crippen LogP contribution in [-0.2, 0) is 5.60 Å². The Morgan fingerprint density at radius 3 is 2.38 bits per heavy atom. The van der Waals surface area contributed by atoms with E-state index in [2.05, 4.69) is 15.9 Å². The van der Waals surface area contributed by atoms with Crippen LogP contribution in [0.3, 0.4) is 0 Å². The molecule has 0 bridgehead atoms. The van der Waals surface area contributed by atoms with E-state index in [1.807, 2.05) is 22.9 Å². The third-order valence-electron chi connectivity index (χ3n) is 2.55. The van der Waals surface area contributed by atoms with E-state index >= 15 is 0 Å². The van der Waals surface area contributed by atoms with Gasteiger partial charge in [-0.05, 0) is 45.9 Å². The highest BCUT2D eigenvalue weighted by atomic mass is 79.9. The van der Waals surface area contributed by atoms with Crippen molar-refractivity contribution in [2.24, 2.45) is 0 Å². The van der Waals surface area contributed by atoms with Gasteiger partial charge in [0.2, 0.25) is 0 Å². The zero-order valence-corrected chi connectivity index (χ0v) is 11.7. The van der Waals surface area contributed by atoms with Gasteiger partial charge in [-0.3, -0.25) is 0 Å². The van der Waals surface area contributed by atoms with Crippen LogP contribution in [0.25, 0.3) is 0 Å². The van der Waals surface area contributed by atoms with Gasteiger partial charge in [0.05, 0.1) is 0 Å². The molecule has 2 aromatic rings. The number of aliphatic hydroxyl groups is 1. The molecule has 1 nitrogen and oxygen atoms in total. The van der Waals surface area contributed by atoms with E-state index in [4.69, 9.17) is 11.6 Å². The van der Waals surface area contributed by atoms with E-state index in [1.165, 1.54) is 0 Å². The number of thiophene rings is 1. The fourth-order valence-electron chi connectivity index (χ4n) is 1.56. The predicted molar refractivity (Wildman–Crippen MR) is 72.1 cm³/mol. The van der Waals surface area contributed by atoms with Crippen molar-refractivity contribution in [3.63, 3.8) is 0 Å². The highest BCUT2D eigenvalue weighted by Crippen LogP contribution is 2.36. The first-order valence-corrected chi connectivity index (χ1v) is 6.84. The van der Waals surface area contributed by atoms with E-state index in [0.717, 1.165) is 15.6 Å². The first-order valence-electron chi connectivity index (χ1n) is 4.72. The summed E-state index contributed by atoms with van der Waals surface area (Å²) >= 11 is 10.8. The SMILES string of the molecule is CC(O)(c1ccc(Cl)cc1)c1cscc1Br. The van der Waals surface area contributed by atoms with Gasteiger partial charge in [-0.25, -0.2) is 0 Å². The maximum atomic E-state index is 10.6. The highest BCUT2D eigenvalue weighted by molar-refractivity contribution is 9.10. The van der Waals surface area contributed by atoms with E-state index in [1.54, 1.807) is 30.4 Å². The van der Waals surface area contributed by atoms with E-state index < -0.39 is 5.60 Å². The van der Waals surface area contributed by atoms with Crippen molar-refractivity contribution in [3.05, 3.63) is 55.6 Å². The first kappa shape index (κ1) is 12.1. The third kappa shape index (κ3) is 2.18. The molecule has 2 rings (SSSR count). The third-order valence-corrected chi connectivity index (χ3v) is 4.50. The first-order chi connectivity index (χ1) is 7.51. The monoisotopic (exact) mass is 316 g/mol. The molecular formula is C12H10BrClOS. The maximum Gasteiger partial charge on any atom is 0.114 e. The van der Waals surface area contributed by atoms with Gasteiger partial charge in [0.1, 0.15) is 5.60 Å². The molecule has 0 spiro atoms. The largest absolute Gasteiger partial charge is 0.381 e. The van der Waals surface area contributed by atoms with Crippen molar-refractivity contribution in [3.8, 4) is 0 Å². The lowest BCUT2D eigenvalue weighted by molar-refractivity contribution is 0.102. The highest BCUT2D eigenvalue weighted by Gasteiger charge is 2.28. The summed E-state index contributed by atoms with van der Waals surface area (Å²) in [4.78, 5) is 0. The molecule has 4 heteroatoms. The van der Waals surface area contributed by atoms with Crippen LogP contribution in [0.15, 0.2) is 39.5 Å². The lowest BCUT2D eigenvalue weighted by atomic mass is 9.90. The van der Waals surface area contributed by atoms with Gasteiger partial charge in [-0.15, -0.1) is 0 Å². The summed E-state index contributed by atoms with van der Waals surface area (Å²) in [6, 6.07) is 7.25. The van der Waals surface area contributed by atoms with Crippen LogP contribution in [0.5, 0.6) is 0 Å². The summed E-state index contributed by atoms with van der Waals surface area (Å²) in [7, 11) is 0. The number of halogens is 2. The zero-order chi connectivity index (χ0) is 11.8. The molecule has 1 aromatic carbocycles. The Labute approximate surface area is 112 Å². The number of hydrogen-bond donors (Lipinski definition) is 1. The molecule has 0 saturated carbocycles. The maximum absolute atomic E-state index is 10.6. The second-order valence-electron chi connectivity index (χ2n) is 3.71. The van der Waals surface area contributed by atoms with Crippen molar-refractivity contribution in [2.45, 2.75) is 12.5 Å². The van der Waals surface area contributed by atoms with Gasteiger partial charge >= 0.3 is 0 Å². The molecule has 0 amide bonds. The Balaban J connectivity index is 2.46. The van der Waals surface area contributed by atoms with Crippen LogP contribution in [0, 0.1) is 0 Å². The molecule has 1 N–H and O–H groups in total. The Morgan fingerprint density at radius 2 is 1.88 bits per heavy atom. The van der Waals surface area contributed by atoms with Crippen LogP contribution in [0.4, 0.5) is 0 Å². The van der Waals surface area contributed by atoms with E-state index in [0.29, 0.717) is 5.02 Å². The summed E-state index contributed by atoms with van der Waals surface area (Å²) in [5, 5.41) is 15.1. The lowest BCUT2D eigenvalue weighted by Crippen LogP contribution is -2.22. The summed E-state index contributed by atoms with van der Waals surface area (Å²) < 4.78 is 0.928. The fraction of sp³-hybridized carbons (Fsp3) is 0.167. The summed E-state index contributed by atoms with van der Waals surface area (Å²) in [6.07, 6.45) is 0. The molecule has 1 heterocycles. The number of rotatable bonds is 2. The zero-order valence-electron chi connectivity index (χ0n) is 8.58. The van der Waals surface area contributed by atoms with E-state index in [9.17, 15) is 5.11 Å². The lowest BCUT2D eigenvalue weighted by Gasteiger charge is -2.23. The second kappa shape index (κ2) is 4.49. The molecule has 84 valence electrons. The Bertz CT molecular complexity index is 490.